The standard InChI is InChI=1S/C28H26N2O9/c1-3-14-15-9-13(31)5-6-19(15)29-23-16(14)11-30-20(23)10-18-17(24(30)32)12-37-27(36)28(18,4-2)39-26(35)22-8-7-21(38-22)25(33)34/h5-6,9-10,21-22,31H,3-4,7-8,11-12H2,1-2H3,(H,33,34)/t21?,22?,28-/m0/s1. The van der Waals surface area contributed by atoms with E-state index in [0.29, 0.717) is 23.3 Å². The van der Waals surface area contributed by atoms with Gasteiger partial charge < -0.3 is 29.0 Å². The molecule has 3 aromatic rings. The van der Waals surface area contributed by atoms with E-state index in [0.717, 1.165) is 16.5 Å². The Morgan fingerprint density at radius 2 is 1.92 bits per heavy atom. The molecule has 2 aromatic heterocycles. The maximum Gasteiger partial charge on any atom is 0.355 e. The summed E-state index contributed by atoms with van der Waals surface area (Å²) in [7, 11) is 0. The molecule has 3 aliphatic rings. The molecule has 1 fully saturated rings. The number of cyclic esters (lactones) is 1. The maximum atomic E-state index is 13.8. The fraction of sp³-hybridized carbons (Fsp3) is 0.393. The van der Waals surface area contributed by atoms with Crippen LogP contribution in [0, 0.1) is 0 Å². The molecule has 39 heavy (non-hydrogen) atoms. The summed E-state index contributed by atoms with van der Waals surface area (Å²) in [6.45, 7) is 3.63. The highest BCUT2D eigenvalue weighted by Gasteiger charge is 2.52. The van der Waals surface area contributed by atoms with Gasteiger partial charge in [0, 0.05) is 16.5 Å². The van der Waals surface area contributed by atoms with Crippen LogP contribution in [0.1, 0.15) is 55.4 Å². The van der Waals surface area contributed by atoms with Gasteiger partial charge in [-0.1, -0.05) is 13.8 Å². The number of carboxylic acids is 1. The van der Waals surface area contributed by atoms with Crippen LogP contribution in [0.4, 0.5) is 0 Å². The molecule has 11 nitrogen and oxygen atoms in total. The first-order valence-corrected chi connectivity index (χ1v) is 12.9. The number of ether oxygens (including phenoxy) is 3. The van der Waals surface area contributed by atoms with Crippen LogP contribution in [0.5, 0.6) is 5.75 Å². The van der Waals surface area contributed by atoms with Crippen LogP contribution in [0.2, 0.25) is 0 Å². The lowest BCUT2D eigenvalue weighted by Crippen LogP contribution is -2.48. The number of rotatable bonds is 5. The average Bonchev–Trinajstić information content (AvgIpc) is 3.55. The Balaban J connectivity index is 1.48. The molecule has 0 bridgehead atoms. The number of aromatic hydroxyl groups is 1. The summed E-state index contributed by atoms with van der Waals surface area (Å²) in [5, 5.41) is 20.1. The number of fused-ring (bicyclic) bond motifs is 5. The van der Waals surface area contributed by atoms with Crippen molar-refractivity contribution in [3.8, 4) is 17.1 Å². The molecule has 2 unspecified atom stereocenters. The molecule has 0 aliphatic carbocycles. The summed E-state index contributed by atoms with van der Waals surface area (Å²) in [5.41, 5.74) is 1.70. The third-order valence-electron chi connectivity index (χ3n) is 7.94. The van der Waals surface area contributed by atoms with E-state index in [9.17, 15) is 29.4 Å². The maximum absolute atomic E-state index is 13.8. The fourth-order valence-corrected chi connectivity index (χ4v) is 5.94. The lowest BCUT2D eigenvalue weighted by Gasteiger charge is -2.36. The van der Waals surface area contributed by atoms with Crippen LogP contribution in [-0.2, 0) is 53.8 Å². The highest BCUT2D eigenvalue weighted by atomic mass is 16.6. The SMILES string of the molecule is CCc1c2c(nc3ccc(O)cc13)-c1cc3c(c(=O)n1C2)COC(=O)[C@@]3(CC)OC(=O)C1CCC(C(=O)O)O1. The lowest BCUT2D eigenvalue weighted by molar-refractivity contribution is -0.196. The zero-order valence-electron chi connectivity index (χ0n) is 21.4. The van der Waals surface area contributed by atoms with E-state index in [-0.39, 0.29) is 54.8 Å². The predicted octanol–water partition coefficient (Wildman–Crippen LogP) is 2.53. The van der Waals surface area contributed by atoms with Crippen LogP contribution in [0.15, 0.2) is 29.1 Å². The molecule has 6 rings (SSSR count). The Kier molecular flexibility index (Phi) is 5.72. The van der Waals surface area contributed by atoms with E-state index in [1.807, 2.05) is 6.92 Å². The smallest absolute Gasteiger partial charge is 0.355 e. The molecular formula is C28H26N2O9. The number of carbonyl (C=O) groups is 3. The molecule has 1 saturated heterocycles. The molecule has 11 heteroatoms. The van der Waals surface area contributed by atoms with Crippen molar-refractivity contribution in [2.24, 2.45) is 0 Å². The van der Waals surface area contributed by atoms with Crippen molar-refractivity contribution >= 4 is 28.8 Å². The highest BCUT2D eigenvalue weighted by molar-refractivity contribution is 5.91. The van der Waals surface area contributed by atoms with E-state index < -0.39 is 35.7 Å². The molecule has 0 amide bonds. The largest absolute Gasteiger partial charge is 0.508 e. The fourth-order valence-electron chi connectivity index (χ4n) is 5.94. The summed E-state index contributed by atoms with van der Waals surface area (Å²) < 4.78 is 18.1. The lowest BCUT2D eigenvalue weighted by atomic mass is 9.85. The van der Waals surface area contributed by atoms with Crippen molar-refractivity contribution in [2.45, 2.75) is 70.5 Å². The molecule has 3 aliphatic heterocycles. The van der Waals surface area contributed by atoms with Gasteiger partial charge in [0.05, 0.1) is 29.0 Å². The first kappa shape index (κ1) is 25.1. The Bertz CT molecular complexity index is 1640. The summed E-state index contributed by atoms with van der Waals surface area (Å²) >= 11 is 0. The van der Waals surface area contributed by atoms with Gasteiger partial charge in [0.2, 0.25) is 5.60 Å². The number of nitrogens with zero attached hydrogens (tertiary/aromatic N) is 2. The minimum atomic E-state index is -1.90. The zero-order valence-corrected chi connectivity index (χ0v) is 21.4. The molecule has 2 N–H and O–H groups in total. The van der Waals surface area contributed by atoms with Crippen molar-refractivity contribution in [2.75, 3.05) is 0 Å². The summed E-state index contributed by atoms with van der Waals surface area (Å²) in [4.78, 5) is 56.2. The third-order valence-corrected chi connectivity index (χ3v) is 7.94. The van der Waals surface area contributed by atoms with Crippen molar-refractivity contribution in [1.82, 2.24) is 9.55 Å². The van der Waals surface area contributed by atoms with Crippen LogP contribution in [0.25, 0.3) is 22.3 Å². The second kappa shape index (κ2) is 8.91. The van der Waals surface area contributed by atoms with E-state index in [2.05, 4.69) is 0 Å². The number of phenols is 1. The van der Waals surface area contributed by atoms with Gasteiger partial charge >= 0.3 is 17.9 Å². The molecule has 1 aromatic carbocycles. The van der Waals surface area contributed by atoms with Crippen LogP contribution in [-0.4, -0.2) is 49.9 Å². The van der Waals surface area contributed by atoms with Gasteiger partial charge in [0.25, 0.3) is 5.56 Å². The van der Waals surface area contributed by atoms with Gasteiger partial charge in [-0.3, -0.25) is 4.79 Å². The number of aliphatic carboxylic acids is 1. The summed E-state index contributed by atoms with van der Waals surface area (Å²) in [6.07, 6.45) is -1.39. The quantitative estimate of drug-likeness (QED) is 0.365. The van der Waals surface area contributed by atoms with Crippen LogP contribution in [0.3, 0.4) is 0 Å². The Morgan fingerprint density at radius 3 is 2.62 bits per heavy atom. The number of pyridine rings is 2. The van der Waals surface area contributed by atoms with Gasteiger partial charge in [-0.05, 0) is 55.5 Å². The number of aryl methyl sites for hydroxylation is 1. The molecule has 0 spiro atoms. The summed E-state index contributed by atoms with van der Waals surface area (Å²) in [5.74, 6) is -2.75. The second-order valence-electron chi connectivity index (χ2n) is 9.99. The Hall–Kier alpha value is -4.25. The van der Waals surface area contributed by atoms with E-state index in [1.54, 1.807) is 35.8 Å². The number of carboxylic acid groups (broad SMARTS) is 1. The van der Waals surface area contributed by atoms with Gasteiger partial charge in [0.15, 0.2) is 12.2 Å². The minimum Gasteiger partial charge on any atom is -0.508 e. The Labute approximate surface area is 221 Å². The number of aromatic nitrogens is 2. The average molecular weight is 535 g/mol. The van der Waals surface area contributed by atoms with Crippen molar-refractivity contribution < 1.29 is 38.8 Å². The molecule has 202 valence electrons. The number of hydrogen-bond acceptors (Lipinski definition) is 9. The normalized spacial score (nSPS) is 23.2. The van der Waals surface area contributed by atoms with Crippen LogP contribution >= 0.6 is 0 Å². The number of carbonyl (C=O) groups excluding carboxylic acids is 2. The van der Waals surface area contributed by atoms with Crippen molar-refractivity contribution in [3.63, 3.8) is 0 Å². The minimum absolute atomic E-state index is 0.0139. The zero-order chi connectivity index (χ0) is 27.6. The predicted molar refractivity (Wildman–Crippen MR) is 135 cm³/mol. The first-order chi connectivity index (χ1) is 18.7. The van der Waals surface area contributed by atoms with Crippen molar-refractivity contribution in [3.05, 3.63) is 56.9 Å². The van der Waals surface area contributed by atoms with E-state index >= 15 is 0 Å². The van der Waals surface area contributed by atoms with Crippen molar-refractivity contribution in [1.29, 1.82) is 0 Å². The van der Waals surface area contributed by atoms with E-state index in [4.69, 9.17) is 19.2 Å². The topological polar surface area (TPSA) is 154 Å². The highest BCUT2D eigenvalue weighted by Crippen LogP contribution is 2.42. The van der Waals surface area contributed by atoms with Gasteiger partial charge in [0.1, 0.15) is 12.4 Å². The Morgan fingerprint density at radius 1 is 1.15 bits per heavy atom. The monoisotopic (exact) mass is 534 g/mol. The number of hydrogen-bond donors (Lipinski definition) is 2. The molecule has 5 heterocycles. The van der Waals surface area contributed by atoms with Crippen LogP contribution < -0.4 is 5.56 Å². The third kappa shape index (κ3) is 3.63. The van der Waals surface area contributed by atoms with E-state index in [1.165, 1.54) is 0 Å². The molecule has 3 atom stereocenters. The molecule has 0 saturated carbocycles. The summed E-state index contributed by atoms with van der Waals surface area (Å²) in [6, 6.07) is 6.60. The number of esters is 2. The van der Waals surface area contributed by atoms with Gasteiger partial charge in [-0.2, -0.15) is 0 Å². The number of benzene rings is 1. The van der Waals surface area contributed by atoms with Gasteiger partial charge in [-0.15, -0.1) is 0 Å². The first-order valence-electron chi connectivity index (χ1n) is 12.9. The van der Waals surface area contributed by atoms with Gasteiger partial charge in [-0.25, -0.2) is 19.4 Å². The number of phenolic OH excluding ortho intramolecular Hbond substituents is 1. The second-order valence-corrected chi connectivity index (χ2v) is 9.99. The molecule has 0 radical (unpaired) electrons. The molecular weight excluding hydrogens is 508 g/mol.